The first-order valence-electron chi connectivity index (χ1n) is 10.7. The zero-order valence-corrected chi connectivity index (χ0v) is 17.8. The summed E-state index contributed by atoms with van der Waals surface area (Å²) < 4.78 is 8.16. The second kappa shape index (κ2) is 6.88. The van der Waals surface area contributed by atoms with E-state index in [1.54, 1.807) is 13.1 Å². The maximum atomic E-state index is 12.9. The van der Waals surface area contributed by atoms with E-state index in [4.69, 9.17) is 4.52 Å². The van der Waals surface area contributed by atoms with E-state index < -0.39 is 0 Å². The lowest BCUT2D eigenvalue weighted by Gasteiger charge is -2.21. The Bertz CT molecular complexity index is 1460. The first kappa shape index (κ1) is 19.0. The molecule has 1 aromatic carbocycles. The van der Waals surface area contributed by atoms with Crippen molar-refractivity contribution in [2.45, 2.75) is 19.4 Å². The Kier molecular flexibility index (Phi) is 4.08. The van der Waals surface area contributed by atoms with E-state index in [9.17, 15) is 9.59 Å². The van der Waals surface area contributed by atoms with Crippen molar-refractivity contribution in [1.29, 1.82) is 0 Å². The summed E-state index contributed by atoms with van der Waals surface area (Å²) in [4.78, 5) is 36.1. The van der Waals surface area contributed by atoms with Gasteiger partial charge in [-0.15, -0.1) is 0 Å². The Balaban J connectivity index is 1.19. The summed E-state index contributed by atoms with van der Waals surface area (Å²) in [5.74, 6) is 2.44. The van der Waals surface area contributed by atoms with Crippen LogP contribution in [0.1, 0.15) is 23.2 Å². The largest absolute Gasteiger partial charge is 0.371 e. The lowest BCUT2D eigenvalue weighted by Crippen LogP contribution is -2.28. The number of aryl methyl sites for hydroxylation is 2. The highest BCUT2D eigenvalue weighted by atomic mass is 16.5. The molecule has 4 heterocycles. The van der Waals surface area contributed by atoms with Crippen LogP contribution in [0.2, 0.25) is 0 Å². The lowest BCUT2D eigenvalue weighted by atomic mass is 10.2. The predicted octanol–water partition coefficient (Wildman–Crippen LogP) is 1.68. The third kappa shape index (κ3) is 2.96. The molecule has 2 fully saturated rings. The number of rotatable bonds is 4. The van der Waals surface area contributed by atoms with Gasteiger partial charge in [0, 0.05) is 37.8 Å². The first-order chi connectivity index (χ1) is 15.5. The highest BCUT2D eigenvalue weighted by molar-refractivity contribution is 5.72. The van der Waals surface area contributed by atoms with E-state index >= 15 is 0 Å². The molecule has 1 aliphatic carbocycles. The van der Waals surface area contributed by atoms with Gasteiger partial charge in [-0.3, -0.25) is 14.2 Å². The Morgan fingerprint density at radius 3 is 2.72 bits per heavy atom. The van der Waals surface area contributed by atoms with E-state index in [1.807, 2.05) is 0 Å². The van der Waals surface area contributed by atoms with Gasteiger partial charge < -0.3 is 14.0 Å². The summed E-state index contributed by atoms with van der Waals surface area (Å²) >= 11 is 0. The van der Waals surface area contributed by atoms with Gasteiger partial charge in [-0.25, -0.2) is 4.98 Å². The van der Waals surface area contributed by atoms with Crippen LogP contribution in [0.3, 0.4) is 0 Å². The Labute approximate surface area is 182 Å². The van der Waals surface area contributed by atoms with Crippen LogP contribution in [0.4, 0.5) is 5.69 Å². The maximum Gasteiger partial charge on any atom is 0.278 e. The molecular formula is C23H22N6O3. The van der Waals surface area contributed by atoms with Gasteiger partial charge in [0.1, 0.15) is 12.1 Å². The van der Waals surface area contributed by atoms with Crippen LogP contribution in [-0.2, 0) is 13.6 Å². The SMILES string of the molecule is Cc1cccc(N2C[C@@H]3C(c4noc(Cn5cnc6ccc(=O)n(C)c6c5=O)n4)[C@@H]3C2)c1. The van der Waals surface area contributed by atoms with Crippen LogP contribution in [0.5, 0.6) is 0 Å². The monoisotopic (exact) mass is 430 g/mol. The van der Waals surface area contributed by atoms with Crippen LogP contribution in [0.15, 0.2) is 56.8 Å². The summed E-state index contributed by atoms with van der Waals surface area (Å²) in [7, 11) is 1.56. The molecule has 9 heteroatoms. The average Bonchev–Trinajstić information content (AvgIpc) is 3.12. The molecule has 32 heavy (non-hydrogen) atoms. The first-order valence-corrected chi connectivity index (χ1v) is 10.7. The molecule has 0 radical (unpaired) electrons. The van der Waals surface area contributed by atoms with E-state index in [0.29, 0.717) is 35.0 Å². The maximum absolute atomic E-state index is 12.9. The zero-order chi connectivity index (χ0) is 22.0. The van der Waals surface area contributed by atoms with Crippen molar-refractivity contribution in [2.75, 3.05) is 18.0 Å². The number of benzene rings is 1. The standard InChI is InChI=1S/C23H22N6O3/c1-13-4-3-5-14(8-13)28-9-15-16(10-28)20(15)22-25-18(32-26-22)11-29-12-24-17-6-7-19(30)27(2)21(17)23(29)31/h3-8,12,15-16,20H,9-11H2,1-2H3/t15-,16+,20?. The topological polar surface area (TPSA) is 99.0 Å². The molecule has 1 unspecified atom stereocenters. The van der Waals surface area contributed by atoms with E-state index in [1.165, 1.54) is 32.8 Å². The predicted molar refractivity (Wildman–Crippen MR) is 118 cm³/mol. The molecule has 3 atom stereocenters. The van der Waals surface area contributed by atoms with Crippen molar-refractivity contribution in [3.63, 3.8) is 0 Å². The molecule has 9 nitrogen and oxygen atoms in total. The van der Waals surface area contributed by atoms with Gasteiger partial charge in [-0.05, 0) is 42.5 Å². The molecule has 3 aromatic heterocycles. The molecule has 0 amide bonds. The fourth-order valence-corrected chi connectivity index (χ4v) is 4.97. The van der Waals surface area contributed by atoms with Crippen molar-refractivity contribution in [1.82, 2.24) is 24.3 Å². The minimum absolute atomic E-state index is 0.120. The third-order valence-electron chi connectivity index (χ3n) is 6.74. The van der Waals surface area contributed by atoms with E-state index in [0.717, 1.165) is 13.1 Å². The summed E-state index contributed by atoms with van der Waals surface area (Å²) in [5, 5.41) is 4.20. The third-order valence-corrected chi connectivity index (χ3v) is 6.74. The van der Waals surface area contributed by atoms with Crippen molar-refractivity contribution in [2.24, 2.45) is 18.9 Å². The van der Waals surface area contributed by atoms with Gasteiger partial charge >= 0.3 is 0 Å². The van der Waals surface area contributed by atoms with Gasteiger partial charge in [0.05, 0.1) is 11.8 Å². The Hall–Kier alpha value is -3.75. The number of pyridine rings is 1. The smallest absolute Gasteiger partial charge is 0.278 e. The fraction of sp³-hybridized carbons (Fsp3) is 0.348. The number of hydrogen-bond acceptors (Lipinski definition) is 7. The number of aromatic nitrogens is 5. The minimum Gasteiger partial charge on any atom is -0.371 e. The number of anilines is 1. The van der Waals surface area contributed by atoms with Crippen molar-refractivity contribution < 1.29 is 4.52 Å². The molecule has 1 saturated carbocycles. The summed E-state index contributed by atoms with van der Waals surface area (Å²) in [6, 6.07) is 11.5. The van der Waals surface area contributed by atoms with E-state index in [-0.39, 0.29) is 23.2 Å². The van der Waals surface area contributed by atoms with Gasteiger partial charge in [0.25, 0.3) is 11.1 Å². The highest BCUT2D eigenvalue weighted by Crippen LogP contribution is 2.57. The number of piperidine rings is 1. The molecule has 1 aliphatic heterocycles. The summed E-state index contributed by atoms with van der Waals surface area (Å²) in [6.07, 6.45) is 1.45. The molecule has 6 rings (SSSR count). The molecule has 162 valence electrons. The summed E-state index contributed by atoms with van der Waals surface area (Å²) in [6.45, 7) is 4.21. The van der Waals surface area contributed by atoms with Crippen LogP contribution in [0.25, 0.3) is 11.0 Å². The number of nitrogens with zero attached hydrogens (tertiary/aromatic N) is 6. The van der Waals surface area contributed by atoms with Crippen molar-refractivity contribution in [3.05, 3.63) is 80.7 Å². The van der Waals surface area contributed by atoms with Gasteiger partial charge in [-0.1, -0.05) is 17.3 Å². The number of hydrogen-bond donors (Lipinski definition) is 0. The minimum atomic E-state index is -0.313. The average molecular weight is 430 g/mol. The molecular weight excluding hydrogens is 408 g/mol. The van der Waals surface area contributed by atoms with Crippen molar-refractivity contribution in [3.8, 4) is 0 Å². The lowest BCUT2D eigenvalue weighted by molar-refractivity contribution is 0.363. The molecule has 0 spiro atoms. The van der Waals surface area contributed by atoms with Crippen LogP contribution < -0.4 is 16.0 Å². The van der Waals surface area contributed by atoms with Crippen LogP contribution in [0, 0.1) is 18.8 Å². The van der Waals surface area contributed by atoms with Crippen LogP contribution in [-0.4, -0.2) is 37.3 Å². The molecule has 0 bridgehead atoms. The van der Waals surface area contributed by atoms with E-state index in [2.05, 4.69) is 51.2 Å². The second-order valence-electron chi connectivity index (χ2n) is 8.79. The quantitative estimate of drug-likeness (QED) is 0.486. The molecule has 2 aliphatic rings. The van der Waals surface area contributed by atoms with Gasteiger partial charge in [0.15, 0.2) is 5.82 Å². The van der Waals surface area contributed by atoms with Crippen LogP contribution >= 0.6 is 0 Å². The fourth-order valence-electron chi connectivity index (χ4n) is 4.97. The number of fused-ring (bicyclic) bond motifs is 2. The molecule has 1 saturated heterocycles. The molecule has 0 N–H and O–H groups in total. The molecule has 4 aromatic rings. The van der Waals surface area contributed by atoms with Gasteiger partial charge in [0.2, 0.25) is 5.89 Å². The Morgan fingerprint density at radius 2 is 1.94 bits per heavy atom. The van der Waals surface area contributed by atoms with Gasteiger partial charge in [-0.2, -0.15) is 4.98 Å². The Morgan fingerprint density at radius 1 is 1.12 bits per heavy atom. The van der Waals surface area contributed by atoms with Crippen molar-refractivity contribution >= 4 is 16.7 Å². The highest BCUT2D eigenvalue weighted by Gasteiger charge is 2.58. The normalized spacial score (nSPS) is 21.8. The summed E-state index contributed by atoms with van der Waals surface area (Å²) in [5.41, 5.74) is 2.70. The second-order valence-corrected chi connectivity index (χ2v) is 8.79. The zero-order valence-electron chi connectivity index (χ0n) is 17.8.